The van der Waals surface area contributed by atoms with Crippen molar-refractivity contribution in [2.45, 2.75) is 12.0 Å². The molecule has 0 spiro atoms. The van der Waals surface area contributed by atoms with Crippen molar-refractivity contribution in [2.75, 3.05) is 19.9 Å². The lowest BCUT2D eigenvalue weighted by Gasteiger charge is -2.24. The summed E-state index contributed by atoms with van der Waals surface area (Å²) in [5, 5.41) is 0. The first-order chi connectivity index (χ1) is 5.87. The van der Waals surface area contributed by atoms with Crippen LogP contribution in [-0.2, 0) is 9.68 Å². The van der Waals surface area contributed by atoms with E-state index in [4.69, 9.17) is 0 Å². The smallest absolute Gasteiger partial charge is 0.334 e. The van der Waals surface area contributed by atoms with Gasteiger partial charge < -0.3 is 4.74 Å². The fourth-order valence-corrected chi connectivity index (χ4v) is 0.431. The summed E-state index contributed by atoms with van der Waals surface area (Å²) >= 11 is 0. The molecule has 0 N–H and O–H groups in total. The van der Waals surface area contributed by atoms with Crippen LogP contribution in [0, 0.1) is 0 Å². The molecule has 0 fully saturated rings. The summed E-state index contributed by atoms with van der Waals surface area (Å²) in [5.41, 5.74) is 0. The zero-order valence-corrected chi connectivity index (χ0v) is 6.21. The van der Waals surface area contributed by atoms with Gasteiger partial charge in [-0.3, -0.25) is 0 Å². The van der Waals surface area contributed by atoms with E-state index >= 15 is 0 Å². The zero-order chi connectivity index (χ0) is 10.5. The molecule has 0 bridgehead atoms. The first kappa shape index (κ1) is 12.5. The van der Waals surface area contributed by atoms with E-state index in [9.17, 15) is 26.5 Å². The lowest BCUT2D eigenvalue weighted by atomic mass is 10.3. The highest BCUT2D eigenvalue weighted by molar-refractivity contribution is 4.76. The Kier molecular flexibility index (Phi) is 4.48. The van der Waals surface area contributed by atoms with Crippen LogP contribution in [0.3, 0.4) is 0 Å². The van der Waals surface area contributed by atoms with Crippen LogP contribution in [0.4, 0.5) is 26.5 Å². The molecule has 80 valence electrons. The first-order valence-electron chi connectivity index (χ1n) is 3.06. The molecule has 1 atom stereocenters. The average Bonchev–Trinajstić information content (AvgIpc) is 2.02. The molecular weight excluding hydrogens is 206 g/mol. The van der Waals surface area contributed by atoms with Crippen LogP contribution >= 0.6 is 0 Å². The van der Waals surface area contributed by atoms with E-state index in [0.29, 0.717) is 0 Å². The third-order valence-corrected chi connectivity index (χ3v) is 1.09. The van der Waals surface area contributed by atoms with E-state index < -0.39 is 31.9 Å². The van der Waals surface area contributed by atoms with Crippen LogP contribution in [0.5, 0.6) is 0 Å². The van der Waals surface area contributed by atoms with Gasteiger partial charge in [0.05, 0.1) is 6.61 Å². The van der Waals surface area contributed by atoms with Crippen molar-refractivity contribution in [3.8, 4) is 0 Å². The highest BCUT2D eigenvalue weighted by atomic mass is 19.4. The average molecular weight is 212 g/mol. The second-order valence-corrected chi connectivity index (χ2v) is 2.02. The molecule has 0 saturated carbocycles. The Balaban J connectivity index is 4.13. The molecule has 0 aromatic rings. The number of ether oxygens (including phenoxy) is 1. The summed E-state index contributed by atoms with van der Waals surface area (Å²) in [6.07, 6.45) is -5.49. The van der Waals surface area contributed by atoms with Crippen LogP contribution in [0.25, 0.3) is 0 Å². The highest BCUT2D eigenvalue weighted by Crippen LogP contribution is 2.35. The molecule has 1 unspecified atom stereocenters. The largest absolute Gasteiger partial charge is 0.451 e. The monoisotopic (exact) mass is 212 g/mol. The van der Waals surface area contributed by atoms with E-state index in [1.165, 1.54) is 0 Å². The molecule has 0 rings (SSSR count). The molecule has 0 aromatic carbocycles. The third kappa shape index (κ3) is 3.39. The Morgan fingerprint density at radius 3 is 1.85 bits per heavy atom. The van der Waals surface area contributed by atoms with Crippen LogP contribution in [0.2, 0.25) is 0 Å². The topological polar surface area (TPSA) is 18.5 Å². The van der Waals surface area contributed by atoms with Gasteiger partial charge in [-0.05, 0) is 4.53 Å². The molecule has 8 heteroatoms. The van der Waals surface area contributed by atoms with E-state index in [1.807, 2.05) is 0 Å². The van der Waals surface area contributed by atoms with Gasteiger partial charge in [-0.1, -0.05) is 0 Å². The molecule has 13 heavy (non-hydrogen) atoms. The number of hydrogen-bond acceptors (Lipinski definition) is 2. The van der Waals surface area contributed by atoms with E-state index in [2.05, 4.69) is 9.68 Å². The maximum absolute atomic E-state index is 12.5. The Morgan fingerprint density at radius 1 is 1.00 bits per heavy atom. The maximum atomic E-state index is 12.5. The predicted octanol–water partition coefficient (Wildman–Crippen LogP) is 2.10. The Labute approximate surface area is 69.3 Å². The third-order valence-electron chi connectivity index (χ3n) is 1.09. The van der Waals surface area contributed by atoms with Gasteiger partial charge in [0.1, 0.15) is 6.61 Å². The van der Waals surface area contributed by atoms with Crippen LogP contribution in [0.1, 0.15) is 0 Å². The SMILES string of the molecule is FCC(F)(OCCOF)C(F)(F)F. The minimum absolute atomic E-state index is 0.901. The van der Waals surface area contributed by atoms with Crippen molar-refractivity contribution < 1.29 is 36.2 Å². The number of rotatable bonds is 5. The molecule has 0 radical (unpaired) electrons. The van der Waals surface area contributed by atoms with Gasteiger partial charge >= 0.3 is 12.0 Å². The van der Waals surface area contributed by atoms with E-state index in [-0.39, 0.29) is 0 Å². The summed E-state index contributed by atoms with van der Waals surface area (Å²) < 4.78 is 73.4. The molecular formula is C5H6F6O2. The summed E-state index contributed by atoms with van der Waals surface area (Å²) in [6, 6.07) is 0. The van der Waals surface area contributed by atoms with Crippen molar-refractivity contribution >= 4 is 0 Å². The molecule has 0 aliphatic rings. The standard InChI is InChI=1S/C5H6F6O2/c6-3-4(7,5(8,9)10)12-1-2-13-11/h1-3H2. The van der Waals surface area contributed by atoms with Gasteiger partial charge in [0, 0.05) is 0 Å². The molecule has 0 saturated heterocycles. The fourth-order valence-electron chi connectivity index (χ4n) is 0.431. The van der Waals surface area contributed by atoms with E-state index in [1.54, 1.807) is 0 Å². The first-order valence-corrected chi connectivity index (χ1v) is 3.06. The predicted molar refractivity (Wildman–Crippen MR) is 28.9 cm³/mol. The summed E-state index contributed by atoms with van der Waals surface area (Å²) in [5.74, 6) is -4.38. The molecule has 0 amide bonds. The minimum atomic E-state index is -5.49. The normalized spacial score (nSPS) is 17.1. The lowest BCUT2D eigenvalue weighted by molar-refractivity contribution is -0.341. The number of alkyl halides is 5. The van der Waals surface area contributed by atoms with Gasteiger partial charge in [-0.2, -0.15) is 22.5 Å². The van der Waals surface area contributed by atoms with Gasteiger partial charge in [0.15, 0.2) is 6.67 Å². The van der Waals surface area contributed by atoms with Crippen molar-refractivity contribution in [3.63, 3.8) is 0 Å². The highest BCUT2D eigenvalue weighted by Gasteiger charge is 2.58. The molecule has 0 aromatic heterocycles. The Morgan fingerprint density at radius 2 is 1.54 bits per heavy atom. The molecule has 0 aliphatic heterocycles. The Bertz CT molecular complexity index is 148. The zero-order valence-electron chi connectivity index (χ0n) is 6.21. The second kappa shape index (κ2) is 4.66. The van der Waals surface area contributed by atoms with E-state index in [0.717, 1.165) is 0 Å². The van der Waals surface area contributed by atoms with Crippen LogP contribution in [-0.4, -0.2) is 31.9 Å². The second-order valence-electron chi connectivity index (χ2n) is 2.02. The number of hydrogen-bond donors (Lipinski definition) is 0. The van der Waals surface area contributed by atoms with Crippen LogP contribution < -0.4 is 0 Å². The van der Waals surface area contributed by atoms with Crippen molar-refractivity contribution in [2.24, 2.45) is 0 Å². The van der Waals surface area contributed by atoms with Gasteiger partial charge in [0.2, 0.25) is 0 Å². The summed E-state index contributed by atoms with van der Waals surface area (Å²) in [7, 11) is 0. The molecule has 2 nitrogen and oxygen atoms in total. The molecule has 0 heterocycles. The molecule has 0 aliphatic carbocycles. The van der Waals surface area contributed by atoms with Gasteiger partial charge in [0.25, 0.3) is 0 Å². The summed E-state index contributed by atoms with van der Waals surface area (Å²) in [6.45, 7) is -4.32. The fraction of sp³-hybridized carbons (Fsp3) is 1.00. The lowest BCUT2D eigenvalue weighted by Crippen LogP contribution is -2.46. The van der Waals surface area contributed by atoms with Crippen molar-refractivity contribution in [1.29, 1.82) is 0 Å². The quantitative estimate of drug-likeness (QED) is 0.513. The van der Waals surface area contributed by atoms with Crippen LogP contribution in [0.15, 0.2) is 0 Å². The van der Waals surface area contributed by atoms with Crippen molar-refractivity contribution in [1.82, 2.24) is 0 Å². The van der Waals surface area contributed by atoms with Crippen molar-refractivity contribution in [3.05, 3.63) is 0 Å². The summed E-state index contributed by atoms with van der Waals surface area (Å²) in [4.78, 5) is 2.81. The van der Waals surface area contributed by atoms with Gasteiger partial charge in [-0.15, -0.1) is 0 Å². The minimum Gasteiger partial charge on any atom is -0.334 e. The maximum Gasteiger partial charge on any atom is 0.451 e. The Hall–Kier alpha value is -0.500. The van der Waals surface area contributed by atoms with Gasteiger partial charge in [-0.25, -0.2) is 4.39 Å². The number of halogens is 6.